The fraction of sp³-hybridized carbons (Fsp3) is 0.103. The molecule has 5 heterocycles. The largest absolute Gasteiger partial charge is 0.493 e. The van der Waals surface area contributed by atoms with E-state index in [4.69, 9.17) is 24.2 Å². The normalized spacial score (nSPS) is 12.1. The van der Waals surface area contributed by atoms with Crippen LogP contribution in [-0.2, 0) is 0 Å². The van der Waals surface area contributed by atoms with E-state index in [2.05, 4.69) is 9.97 Å². The van der Waals surface area contributed by atoms with Crippen molar-refractivity contribution in [2.75, 3.05) is 21.3 Å². The molecule has 6 rings (SSSR count). The Morgan fingerprint density at radius 3 is 1.75 bits per heavy atom. The molecule has 0 spiro atoms. The molecule has 3 aromatic heterocycles. The van der Waals surface area contributed by atoms with E-state index in [1.165, 1.54) is 0 Å². The Hall–Kier alpha value is -4.78. The molecule has 4 aromatic rings. The lowest BCUT2D eigenvalue weighted by Gasteiger charge is -2.14. The van der Waals surface area contributed by atoms with Crippen LogP contribution in [0.15, 0.2) is 54.6 Å². The van der Waals surface area contributed by atoms with Gasteiger partial charge < -0.3 is 24.2 Å². The third-order valence-corrected chi connectivity index (χ3v) is 6.17. The molecule has 0 amide bonds. The number of hydrogen-bond acceptors (Lipinski definition) is 5. The molecule has 0 saturated carbocycles. The molecular weight excluding hydrogens is 452 g/mol. The Morgan fingerprint density at radius 2 is 1.14 bits per heavy atom. The monoisotopic (exact) mass is 476 g/mol. The number of ether oxygens (including phenoxy) is 3. The van der Waals surface area contributed by atoms with E-state index in [9.17, 15) is 0 Å². The van der Waals surface area contributed by atoms with Crippen LogP contribution in [0.25, 0.3) is 57.5 Å². The number of aromatic nitrogens is 4. The van der Waals surface area contributed by atoms with Crippen molar-refractivity contribution in [3.05, 3.63) is 77.4 Å². The summed E-state index contributed by atoms with van der Waals surface area (Å²) in [6.07, 6.45) is 8.05. The minimum absolute atomic E-state index is 0.542. The van der Waals surface area contributed by atoms with Crippen molar-refractivity contribution in [3.8, 4) is 28.4 Å². The number of fused-ring (bicyclic) bond motifs is 8. The molecule has 36 heavy (non-hydrogen) atoms. The molecule has 1 aromatic carbocycles. The first-order valence-corrected chi connectivity index (χ1v) is 11.5. The molecule has 0 atom stereocenters. The van der Waals surface area contributed by atoms with Gasteiger partial charge in [0.05, 0.1) is 44.1 Å². The van der Waals surface area contributed by atoms with Crippen LogP contribution in [0.2, 0.25) is 0 Å². The van der Waals surface area contributed by atoms with Gasteiger partial charge in [0, 0.05) is 27.6 Å². The summed E-state index contributed by atoms with van der Waals surface area (Å²) in [5.41, 5.74) is 9.04. The van der Waals surface area contributed by atoms with E-state index < -0.39 is 0 Å². The van der Waals surface area contributed by atoms with Crippen molar-refractivity contribution >= 4 is 46.4 Å². The summed E-state index contributed by atoms with van der Waals surface area (Å²) < 4.78 is 16.8. The summed E-state index contributed by atoms with van der Waals surface area (Å²) in [5, 5.41) is 0. The van der Waals surface area contributed by atoms with Crippen LogP contribution in [0, 0.1) is 0 Å². The second-order valence-electron chi connectivity index (χ2n) is 8.47. The van der Waals surface area contributed by atoms with Crippen LogP contribution in [-0.4, -0.2) is 41.3 Å². The number of H-pyrrole nitrogens is 2. The zero-order valence-electron chi connectivity index (χ0n) is 20.1. The van der Waals surface area contributed by atoms with E-state index in [1.54, 1.807) is 21.3 Å². The molecule has 8 bridgehead atoms. The second-order valence-corrected chi connectivity index (χ2v) is 8.47. The van der Waals surface area contributed by atoms with Crippen molar-refractivity contribution in [2.45, 2.75) is 0 Å². The van der Waals surface area contributed by atoms with Gasteiger partial charge in [0.15, 0.2) is 11.5 Å². The highest BCUT2D eigenvalue weighted by Crippen LogP contribution is 2.43. The van der Waals surface area contributed by atoms with Crippen LogP contribution < -0.4 is 14.2 Å². The zero-order valence-corrected chi connectivity index (χ0v) is 20.1. The minimum atomic E-state index is 0.542. The summed E-state index contributed by atoms with van der Waals surface area (Å²) in [4.78, 5) is 16.6. The molecule has 0 aliphatic carbocycles. The van der Waals surface area contributed by atoms with E-state index in [0.717, 1.165) is 56.0 Å². The maximum absolute atomic E-state index is 5.63. The van der Waals surface area contributed by atoms with Crippen LogP contribution in [0.5, 0.6) is 17.2 Å². The zero-order chi connectivity index (χ0) is 24.6. The van der Waals surface area contributed by atoms with Crippen LogP contribution in [0.3, 0.4) is 0 Å². The smallest absolute Gasteiger partial charge is 0.203 e. The fourth-order valence-electron chi connectivity index (χ4n) is 4.54. The minimum Gasteiger partial charge on any atom is -0.493 e. The third-order valence-electron chi connectivity index (χ3n) is 6.17. The van der Waals surface area contributed by atoms with Crippen molar-refractivity contribution in [1.82, 2.24) is 19.9 Å². The van der Waals surface area contributed by atoms with Gasteiger partial charge in [-0.15, -0.1) is 0 Å². The molecule has 178 valence electrons. The molecule has 2 aliphatic heterocycles. The van der Waals surface area contributed by atoms with Gasteiger partial charge in [-0.05, 0) is 84.5 Å². The molecular formula is C29H24N4O3. The standard InChI is InChI=1S/C29H24N4O3/c1-34-26-12-17(13-27(35-2)29(26)36-3)28-24-10-8-22(32-24)15-20-6-4-18(30-20)14-19-5-7-21(31-19)16-23-9-11-25(28)33-23/h4-16,30,33H,1-3H3. The number of methoxy groups -OCH3 is 3. The number of benzene rings is 1. The van der Waals surface area contributed by atoms with E-state index >= 15 is 0 Å². The fourth-order valence-corrected chi connectivity index (χ4v) is 4.54. The Morgan fingerprint density at radius 1 is 0.583 bits per heavy atom. The number of nitrogens with zero attached hydrogens (tertiary/aromatic N) is 2. The Balaban J connectivity index is 1.70. The highest BCUT2D eigenvalue weighted by molar-refractivity contribution is 5.92. The van der Waals surface area contributed by atoms with Gasteiger partial charge >= 0.3 is 0 Å². The quantitative estimate of drug-likeness (QED) is 0.310. The SMILES string of the molecule is COc1cc(-c2c3nc(cc4ccc(cc5nc(cc6ccc2[nH]6)C=C5)[nH]4)C=C3)cc(OC)c1OC. The molecule has 0 unspecified atom stereocenters. The molecule has 7 heteroatoms. The lowest BCUT2D eigenvalue weighted by Crippen LogP contribution is -1.96. The molecule has 0 fully saturated rings. The molecule has 0 saturated heterocycles. The average Bonchev–Trinajstić information content (AvgIpc) is 3.69. The summed E-state index contributed by atoms with van der Waals surface area (Å²) in [5.74, 6) is 1.69. The third kappa shape index (κ3) is 3.90. The molecule has 0 radical (unpaired) electrons. The summed E-state index contributed by atoms with van der Waals surface area (Å²) in [6.45, 7) is 0. The molecule has 2 N–H and O–H groups in total. The molecule has 2 aliphatic rings. The van der Waals surface area contributed by atoms with Crippen LogP contribution >= 0.6 is 0 Å². The van der Waals surface area contributed by atoms with Gasteiger partial charge in [-0.1, -0.05) is 0 Å². The van der Waals surface area contributed by atoms with Crippen molar-refractivity contribution in [2.24, 2.45) is 0 Å². The first-order valence-electron chi connectivity index (χ1n) is 11.5. The van der Waals surface area contributed by atoms with Crippen LogP contribution in [0.4, 0.5) is 0 Å². The van der Waals surface area contributed by atoms with E-state index in [0.29, 0.717) is 17.2 Å². The highest BCUT2D eigenvalue weighted by atomic mass is 16.5. The number of rotatable bonds is 4. The lowest BCUT2D eigenvalue weighted by molar-refractivity contribution is 0.324. The van der Waals surface area contributed by atoms with Crippen molar-refractivity contribution in [3.63, 3.8) is 0 Å². The first kappa shape index (κ1) is 21.7. The number of hydrogen-bond donors (Lipinski definition) is 2. The van der Waals surface area contributed by atoms with Gasteiger partial charge in [0.2, 0.25) is 5.75 Å². The van der Waals surface area contributed by atoms with E-state index in [1.807, 2.05) is 78.9 Å². The second kappa shape index (κ2) is 8.78. The van der Waals surface area contributed by atoms with Crippen LogP contribution in [0.1, 0.15) is 22.8 Å². The van der Waals surface area contributed by atoms with Gasteiger partial charge in [0.1, 0.15) is 0 Å². The Kier molecular flexibility index (Phi) is 5.30. The predicted octanol–water partition coefficient (Wildman–Crippen LogP) is 6.35. The first-order chi connectivity index (χ1) is 17.6. The number of aromatic amines is 2. The van der Waals surface area contributed by atoms with Gasteiger partial charge in [-0.25, -0.2) is 9.97 Å². The highest BCUT2D eigenvalue weighted by Gasteiger charge is 2.18. The molecule has 7 nitrogen and oxygen atoms in total. The topological polar surface area (TPSA) is 85.1 Å². The van der Waals surface area contributed by atoms with Gasteiger partial charge in [-0.2, -0.15) is 0 Å². The number of nitrogens with one attached hydrogen (secondary N) is 2. The van der Waals surface area contributed by atoms with E-state index in [-0.39, 0.29) is 0 Å². The summed E-state index contributed by atoms with van der Waals surface area (Å²) in [7, 11) is 4.83. The maximum Gasteiger partial charge on any atom is 0.203 e. The summed E-state index contributed by atoms with van der Waals surface area (Å²) >= 11 is 0. The Bertz CT molecular complexity index is 1680. The Labute approximate surface area is 207 Å². The van der Waals surface area contributed by atoms with Gasteiger partial charge in [-0.3, -0.25) is 0 Å². The van der Waals surface area contributed by atoms with Crippen molar-refractivity contribution in [1.29, 1.82) is 0 Å². The van der Waals surface area contributed by atoms with Gasteiger partial charge in [0.25, 0.3) is 0 Å². The maximum atomic E-state index is 5.63. The van der Waals surface area contributed by atoms with Crippen molar-refractivity contribution < 1.29 is 14.2 Å². The predicted molar refractivity (Wildman–Crippen MR) is 144 cm³/mol. The lowest BCUT2D eigenvalue weighted by atomic mass is 10.0. The summed E-state index contributed by atoms with van der Waals surface area (Å²) in [6, 6.07) is 18.1. The average molecular weight is 477 g/mol.